The molecule has 1 aliphatic heterocycles. The topological polar surface area (TPSA) is 120 Å². The summed E-state index contributed by atoms with van der Waals surface area (Å²) in [5, 5.41) is 46.8. The van der Waals surface area contributed by atoms with Gasteiger partial charge in [-0.25, -0.2) is 0 Å². The highest BCUT2D eigenvalue weighted by Crippen LogP contribution is 2.22. The molecule has 132 valence electrons. The molecule has 0 bridgehead atoms. The van der Waals surface area contributed by atoms with E-state index < -0.39 is 37.3 Å². The summed E-state index contributed by atoms with van der Waals surface area (Å²) in [6.07, 6.45) is 1.05. The smallest absolute Gasteiger partial charge is 0.186 e. The van der Waals surface area contributed by atoms with E-state index in [1.807, 2.05) is 0 Å². The standard InChI is InChI=1S/C15H30O7/c16-8-6-4-2-1-3-5-7-9-21-15-14(20)13(19)12(18)11(10-17)22-15/h11-20H,1-10H2/t11?,12-,13+,14+,15?/m1/s1. The maximum Gasteiger partial charge on any atom is 0.186 e. The van der Waals surface area contributed by atoms with Crippen molar-refractivity contribution in [2.75, 3.05) is 19.8 Å². The summed E-state index contributed by atoms with van der Waals surface area (Å²) >= 11 is 0. The number of rotatable bonds is 11. The maximum atomic E-state index is 9.78. The average molecular weight is 322 g/mol. The Balaban J connectivity index is 2.11. The van der Waals surface area contributed by atoms with Crippen LogP contribution in [0.3, 0.4) is 0 Å². The summed E-state index contributed by atoms with van der Waals surface area (Å²) in [7, 11) is 0. The zero-order valence-electron chi connectivity index (χ0n) is 13.0. The lowest BCUT2D eigenvalue weighted by atomic mass is 9.99. The third kappa shape index (κ3) is 6.45. The van der Waals surface area contributed by atoms with Gasteiger partial charge in [-0.05, 0) is 12.8 Å². The van der Waals surface area contributed by atoms with E-state index in [2.05, 4.69) is 0 Å². The van der Waals surface area contributed by atoms with Gasteiger partial charge in [-0.15, -0.1) is 0 Å². The Morgan fingerprint density at radius 3 is 1.91 bits per heavy atom. The van der Waals surface area contributed by atoms with E-state index in [-0.39, 0.29) is 6.61 Å². The van der Waals surface area contributed by atoms with Crippen molar-refractivity contribution in [2.45, 2.75) is 75.7 Å². The summed E-state index contributed by atoms with van der Waals surface area (Å²) in [4.78, 5) is 0. The normalized spacial score (nSPS) is 32.3. The maximum absolute atomic E-state index is 9.78. The first kappa shape index (κ1) is 19.8. The summed E-state index contributed by atoms with van der Waals surface area (Å²) in [6, 6.07) is 0. The van der Waals surface area contributed by atoms with Crippen LogP contribution in [0.25, 0.3) is 0 Å². The van der Waals surface area contributed by atoms with Gasteiger partial charge in [0.2, 0.25) is 0 Å². The minimum atomic E-state index is -1.39. The fourth-order valence-corrected chi connectivity index (χ4v) is 2.50. The van der Waals surface area contributed by atoms with E-state index in [0.29, 0.717) is 6.61 Å². The minimum absolute atomic E-state index is 0.257. The van der Waals surface area contributed by atoms with Crippen molar-refractivity contribution in [1.82, 2.24) is 0 Å². The Hall–Kier alpha value is -0.280. The number of hydrogen-bond donors (Lipinski definition) is 5. The molecule has 1 heterocycles. The highest BCUT2D eigenvalue weighted by molar-refractivity contribution is 4.88. The fourth-order valence-electron chi connectivity index (χ4n) is 2.50. The molecule has 0 aromatic rings. The van der Waals surface area contributed by atoms with Gasteiger partial charge in [0.25, 0.3) is 0 Å². The number of unbranched alkanes of at least 4 members (excludes halogenated alkanes) is 6. The molecule has 0 radical (unpaired) electrons. The predicted molar refractivity (Wildman–Crippen MR) is 79.1 cm³/mol. The first-order valence-corrected chi connectivity index (χ1v) is 8.14. The van der Waals surface area contributed by atoms with Crippen molar-refractivity contribution >= 4 is 0 Å². The van der Waals surface area contributed by atoms with Crippen LogP contribution < -0.4 is 0 Å². The van der Waals surface area contributed by atoms with E-state index in [9.17, 15) is 15.3 Å². The van der Waals surface area contributed by atoms with Crippen molar-refractivity contribution in [1.29, 1.82) is 0 Å². The lowest BCUT2D eigenvalue weighted by Gasteiger charge is -2.39. The zero-order valence-corrected chi connectivity index (χ0v) is 13.0. The molecular formula is C15H30O7. The second kappa shape index (κ2) is 11.3. The van der Waals surface area contributed by atoms with Gasteiger partial charge < -0.3 is 35.0 Å². The van der Waals surface area contributed by atoms with E-state index >= 15 is 0 Å². The summed E-state index contributed by atoms with van der Waals surface area (Å²) in [5.41, 5.74) is 0. The molecule has 1 saturated heterocycles. The fraction of sp³-hybridized carbons (Fsp3) is 1.00. The molecule has 2 unspecified atom stereocenters. The molecule has 0 aliphatic carbocycles. The molecule has 0 aromatic heterocycles. The van der Waals surface area contributed by atoms with E-state index in [1.54, 1.807) is 0 Å². The molecule has 0 saturated carbocycles. The second-order valence-corrected chi connectivity index (χ2v) is 5.77. The summed E-state index contributed by atoms with van der Waals surface area (Å²) in [5.74, 6) is 0. The highest BCUT2D eigenvalue weighted by atomic mass is 16.7. The third-order valence-electron chi connectivity index (χ3n) is 3.93. The van der Waals surface area contributed by atoms with Gasteiger partial charge in [0.1, 0.15) is 24.4 Å². The molecule has 0 spiro atoms. The van der Waals surface area contributed by atoms with E-state index in [4.69, 9.17) is 19.7 Å². The first-order valence-electron chi connectivity index (χ1n) is 8.14. The Bertz CT molecular complexity index is 275. The molecule has 5 N–H and O–H groups in total. The van der Waals surface area contributed by atoms with Gasteiger partial charge in [0.15, 0.2) is 6.29 Å². The van der Waals surface area contributed by atoms with E-state index in [0.717, 1.165) is 44.9 Å². The lowest BCUT2D eigenvalue weighted by Crippen LogP contribution is -2.59. The van der Waals surface area contributed by atoms with Crippen molar-refractivity contribution < 1.29 is 35.0 Å². The number of hydrogen-bond acceptors (Lipinski definition) is 7. The molecule has 0 aromatic carbocycles. The minimum Gasteiger partial charge on any atom is -0.396 e. The Kier molecular flexibility index (Phi) is 10.1. The molecule has 22 heavy (non-hydrogen) atoms. The van der Waals surface area contributed by atoms with Crippen LogP contribution in [-0.2, 0) is 9.47 Å². The number of aliphatic hydroxyl groups excluding tert-OH is 5. The van der Waals surface area contributed by atoms with Gasteiger partial charge in [0, 0.05) is 13.2 Å². The van der Waals surface area contributed by atoms with Crippen LogP contribution in [0.4, 0.5) is 0 Å². The Morgan fingerprint density at radius 1 is 0.727 bits per heavy atom. The van der Waals surface area contributed by atoms with Crippen LogP contribution in [0, 0.1) is 0 Å². The largest absolute Gasteiger partial charge is 0.396 e. The van der Waals surface area contributed by atoms with Gasteiger partial charge in [-0.2, -0.15) is 0 Å². The molecular weight excluding hydrogens is 292 g/mol. The Labute approximate surface area is 131 Å². The SMILES string of the molecule is OCCCCCCCCCOC1OC(CO)[C@@H](O)[C@H](O)[C@@H]1O. The first-order chi connectivity index (χ1) is 10.6. The van der Waals surface area contributed by atoms with Gasteiger partial charge >= 0.3 is 0 Å². The molecule has 0 amide bonds. The van der Waals surface area contributed by atoms with Crippen LogP contribution in [-0.4, -0.2) is 76.1 Å². The monoisotopic (exact) mass is 322 g/mol. The lowest BCUT2D eigenvalue weighted by molar-refractivity contribution is -0.301. The summed E-state index contributed by atoms with van der Waals surface area (Å²) < 4.78 is 10.7. The molecule has 1 fully saturated rings. The van der Waals surface area contributed by atoms with Gasteiger partial charge in [-0.3, -0.25) is 0 Å². The van der Waals surface area contributed by atoms with Crippen LogP contribution in [0.2, 0.25) is 0 Å². The van der Waals surface area contributed by atoms with Crippen molar-refractivity contribution in [2.24, 2.45) is 0 Å². The molecule has 7 nitrogen and oxygen atoms in total. The number of ether oxygens (including phenoxy) is 2. The third-order valence-corrected chi connectivity index (χ3v) is 3.93. The zero-order chi connectivity index (χ0) is 16.4. The molecule has 5 atom stereocenters. The van der Waals surface area contributed by atoms with Crippen molar-refractivity contribution in [3.63, 3.8) is 0 Å². The van der Waals surface area contributed by atoms with Crippen molar-refractivity contribution in [3.8, 4) is 0 Å². The molecule has 1 rings (SSSR count). The highest BCUT2D eigenvalue weighted by Gasteiger charge is 2.43. The quantitative estimate of drug-likeness (QED) is 0.326. The summed E-state index contributed by atoms with van der Waals surface area (Å²) in [6.45, 7) is 0.199. The molecule has 7 heteroatoms. The molecule has 1 aliphatic rings. The van der Waals surface area contributed by atoms with Gasteiger partial charge in [-0.1, -0.05) is 32.1 Å². The van der Waals surface area contributed by atoms with Crippen LogP contribution in [0.5, 0.6) is 0 Å². The van der Waals surface area contributed by atoms with E-state index in [1.165, 1.54) is 0 Å². The number of aliphatic hydroxyl groups is 5. The van der Waals surface area contributed by atoms with Gasteiger partial charge in [0.05, 0.1) is 6.61 Å². The predicted octanol–water partition coefficient (Wildman–Crippen LogP) is -0.474. The van der Waals surface area contributed by atoms with Crippen LogP contribution in [0.15, 0.2) is 0 Å². The van der Waals surface area contributed by atoms with Crippen LogP contribution >= 0.6 is 0 Å². The second-order valence-electron chi connectivity index (χ2n) is 5.77. The average Bonchev–Trinajstić information content (AvgIpc) is 2.53. The van der Waals surface area contributed by atoms with Crippen molar-refractivity contribution in [3.05, 3.63) is 0 Å². The Morgan fingerprint density at radius 2 is 1.32 bits per heavy atom. The van der Waals surface area contributed by atoms with Crippen LogP contribution in [0.1, 0.15) is 44.9 Å².